The second-order valence-electron chi connectivity index (χ2n) is 5.83. The Bertz CT molecular complexity index is 1220. The molecule has 4 rings (SSSR count). The number of nitrogens with one attached hydrogen (secondary N) is 1. The summed E-state index contributed by atoms with van der Waals surface area (Å²) in [6, 6.07) is 12.1. The highest BCUT2D eigenvalue weighted by molar-refractivity contribution is 7.21. The predicted molar refractivity (Wildman–Crippen MR) is 114 cm³/mol. The quantitative estimate of drug-likeness (QED) is 0.386. The molecule has 2 aromatic heterocycles. The Labute approximate surface area is 172 Å². The molecule has 28 heavy (non-hydrogen) atoms. The number of nitrogen functional groups attached to an aromatic ring is 1. The summed E-state index contributed by atoms with van der Waals surface area (Å²) in [5, 5.41) is 15.1. The number of carbonyl (C=O) groups is 2. The van der Waals surface area contributed by atoms with Gasteiger partial charge >= 0.3 is 5.97 Å². The number of anilines is 2. The van der Waals surface area contributed by atoms with E-state index < -0.39 is 11.9 Å². The first-order valence-electron chi connectivity index (χ1n) is 8.01. The third-order valence-electron chi connectivity index (χ3n) is 4.03. The largest absolute Gasteiger partial charge is 0.478 e. The number of rotatable bonds is 4. The molecule has 4 aromatic rings. The summed E-state index contributed by atoms with van der Waals surface area (Å²) in [5.74, 6) is -1.61. The van der Waals surface area contributed by atoms with Crippen molar-refractivity contribution in [1.82, 2.24) is 4.98 Å². The fraction of sp³-hybridized carbons (Fsp3) is 0. The first-order valence-corrected chi connectivity index (χ1v) is 10.1. The lowest BCUT2D eigenvalue weighted by Gasteiger charge is -2.05. The number of carboxylic acids is 1. The summed E-state index contributed by atoms with van der Waals surface area (Å²) in [6.07, 6.45) is 0. The molecule has 0 aliphatic rings. The highest BCUT2D eigenvalue weighted by Gasteiger charge is 2.23. The summed E-state index contributed by atoms with van der Waals surface area (Å²) in [7, 11) is 0. The summed E-state index contributed by atoms with van der Waals surface area (Å²) in [6.45, 7) is 0. The van der Waals surface area contributed by atoms with Crippen molar-refractivity contribution >= 4 is 67.1 Å². The normalized spacial score (nSPS) is 10.9. The number of fused-ring (bicyclic) bond motifs is 1. The molecule has 0 atom stereocenters. The Morgan fingerprint density at radius 1 is 1.14 bits per heavy atom. The monoisotopic (exact) mass is 429 g/mol. The SMILES string of the molecule is Nc1cccc2nc(C(=O)Nc3scc(-c4ccc(Cl)cc4)c3C(=O)O)sc12. The van der Waals surface area contributed by atoms with Gasteiger partial charge in [-0.05, 0) is 29.8 Å². The van der Waals surface area contributed by atoms with Gasteiger partial charge in [0.05, 0.1) is 15.9 Å². The molecule has 0 aliphatic heterocycles. The molecule has 6 nitrogen and oxygen atoms in total. The van der Waals surface area contributed by atoms with Gasteiger partial charge in [0, 0.05) is 16.0 Å². The number of carboxylic acid groups (broad SMARTS) is 1. The maximum atomic E-state index is 12.7. The molecule has 0 spiro atoms. The van der Waals surface area contributed by atoms with Crippen molar-refractivity contribution in [1.29, 1.82) is 0 Å². The summed E-state index contributed by atoms with van der Waals surface area (Å²) in [4.78, 5) is 28.8. The maximum Gasteiger partial charge on any atom is 0.339 e. The second-order valence-corrected chi connectivity index (χ2v) is 8.15. The molecule has 0 fully saturated rings. The van der Waals surface area contributed by atoms with Crippen LogP contribution in [0.25, 0.3) is 21.3 Å². The van der Waals surface area contributed by atoms with E-state index in [1.54, 1.807) is 47.8 Å². The van der Waals surface area contributed by atoms with E-state index in [1.807, 2.05) is 0 Å². The van der Waals surface area contributed by atoms with Gasteiger partial charge in [0.25, 0.3) is 5.91 Å². The third-order valence-corrected chi connectivity index (χ3v) is 6.29. The highest BCUT2D eigenvalue weighted by Crippen LogP contribution is 2.37. The van der Waals surface area contributed by atoms with Crippen LogP contribution >= 0.6 is 34.3 Å². The molecule has 0 unspecified atom stereocenters. The van der Waals surface area contributed by atoms with Crippen LogP contribution in [0, 0.1) is 0 Å². The van der Waals surface area contributed by atoms with E-state index >= 15 is 0 Å². The van der Waals surface area contributed by atoms with Crippen molar-refractivity contribution in [2.75, 3.05) is 11.1 Å². The number of nitrogens with zero attached hydrogens (tertiary/aromatic N) is 1. The van der Waals surface area contributed by atoms with E-state index in [0.29, 0.717) is 27.4 Å². The zero-order valence-corrected chi connectivity index (χ0v) is 16.5. The number of nitrogens with two attached hydrogens (primary N) is 1. The highest BCUT2D eigenvalue weighted by atomic mass is 35.5. The van der Waals surface area contributed by atoms with E-state index in [9.17, 15) is 14.7 Å². The molecular formula is C19H12ClN3O3S2. The summed E-state index contributed by atoms with van der Waals surface area (Å²) in [5.41, 5.74) is 8.33. The van der Waals surface area contributed by atoms with Gasteiger partial charge in [-0.2, -0.15) is 0 Å². The number of aromatic carboxylic acids is 1. The molecule has 0 saturated carbocycles. The van der Waals surface area contributed by atoms with Gasteiger partial charge in [-0.15, -0.1) is 22.7 Å². The van der Waals surface area contributed by atoms with Crippen LogP contribution in [0.3, 0.4) is 0 Å². The van der Waals surface area contributed by atoms with Crippen molar-refractivity contribution in [3.8, 4) is 11.1 Å². The minimum Gasteiger partial charge on any atom is -0.478 e. The molecule has 1 amide bonds. The van der Waals surface area contributed by atoms with Crippen molar-refractivity contribution in [2.45, 2.75) is 0 Å². The van der Waals surface area contributed by atoms with Crippen LogP contribution < -0.4 is 11.1 Å². The standard InChI is InChI=1S/C19H12ClN3O3S2/c20-10-6-4-9(5-7-10)11-8-27-17(14(11)19(25)26)23-16(24)18-22-13-3-1-2-12(21)15(13)28-18/h1-8H,21H2,(H,23,24)(H,25,26). The number of thiophene rings is 1. The van der Waals surface area contributed by atoms with Gasteiger partial charge in [0.1, 0.15) is 10.6 Å². The Hall–Kier alpha value is -2.94. The number of benzene rings is 2. The minimum atomic E-state index is -1.13. The Balaban J connectivity index is 1.69. The van der Waals surface area contributed by atoms with E-state index in [0.717, 1.165) is 27.4 Å². The average molecular weight is 430 g/mol. The van der Waals surface area contributed by atoms with Crippen molar-refractivity contribution in [2.24, 2.45) is 0 Å². The number of hydrogen-bond acceptors (Lipinski definition) is 6. The molecule has 0 radical (unpaired) electrons. The van der Waals surface area contributed by atoms with Crippen molar-refractivity contribution in [3.63, 3.8) is 0 Å². The second kappa shape index (κ2) is 7.23. The Morgan fingerprint density at radius 2 is 1.89 bits per heavy atom. The van der Waals surface area contributed by atoms with Crippen LogP contribution in [0.2, 0.25) is 5.02 Å². The molecule has 0 aliphatic carbocycles. The topological polar surface area (TPSA) is 105 Å². The summed E-state index contributed by atoms with van der Waals surface area (Å²) < 4.78 is 0.721. The molecule has 4 N–H and O–H groups in total. The summed E-state index contributed by atoms with van der Waals surface area (Å²) >= 11 is 8.21. The first-order chi connectivity index (χ1) is 13.4. The minimum absolute atomic E-state index is 0.0290. The van der Waals surface area contributed by atoms with Crippen molar-refractivity contribution in [3.05, 3.63) is 63.4 Å². The van der Waals surface area contributed by atoms with E-state index in [1.165, 1.54) is 0 Å². The zero-order chi connectivity index (χ0) is 19.8. The van der Waals surface area contributed by atoms with Crippen LogP contribution in [0.1, 0.15) is 20.2 Å². The lowest BCUT2D eigenvalue weighted by atomic mass is 10.0. The fourth-order valence-corrected chi connectivity index (χ4v) is 4.70. The third kappa shape index (κ3) is 3.33. The zero-order valence-electron chi connectivity index (χ0n) is 14.1. The maximum absolute atomic E-state index is 12.7. The first kappa shape index (κ1) is 18.4. The molecule has 9 heteroatoms. The van der Waals surface area contributed by atoms with Gasteiger partial charge < -0.3 is 16.2 Å². The van der Waals surface area contributed by atoms with E-state index in [2.05, 4.69) is 10.3 Å². The van der Waals surface area contributed by atoms with Crippen LogP contribution in [-0.2, 0) is 0 Å². The van der Waals surface area contributed by atoms with Crippen LogP contribution in [0.5, 0.6) is 0 Å². The number of thiazole rings is 1. The van der Waals surface area contributed by atoms with E-state index in [-0.39, 0.29) is 15.6 Å². The van der Waals surface area contributed by atoms with E-state index in [4.69, 9.17) is 17.3 Å². The van der Waals surface area contributed by atoms with Gasteiger partial charge in [-0.1, -0.05) is 29.8 Å². The molecule has 2 aromatic carbocycles. The molecule has 0 bridgehead atoms. The van der Waals surface area contributed by atoms with Gasteiger partial charge in [-0.3, -0.25) is 4.79 Å². The molecule has 2 heterocycles. The molecule has 140 valence electrons. The van der Waals surface area contributed by atoms with Crippen LogP contribution in [0.4, 0.5) is 10.7 Å². The molecular weight excluding hydrogens is 418 g/mol. The van der Waals surface area contributed by atoms with Gasteiger partial charge in [-0.25, -0.2) is 9.78 Å². The number of halogens is 1. The van der Waals surface area contributed by atoms with Crippen LogP contribution in [-0.4, -0.2) is 22.0 Å². The number of aromatic nitrogens is 1. The van der Waals surface area contributed by atoms with Gasteiger partial charge in [0.15, 0.2) is 5.01 Å². The lowest BCUT2D eigenvalue weighted by molar-refractivity contribution is 0.0699. The number of carbonyl (C=O) groups excluding carboxylic acids is 1. The number of amides is 1. The smallest absolute Gasteiger partial charge is 0.339 e. The lowest BCUT2D eigenvalue weighted by Crippen LogP contribution is -2.13. The predicted octanol–water partition coefficient (Wildman–Crippen LogP) is 5.21. The Kier molecular flexibility index (Phi) is 4.76. The average Bonchev–Trinajstić information content (AvgIpc) is 3.27. The van der Waals surface area contributed by atoms with Crippen molar-refractivity contribution < 1.29 is 14.7 Å². The van der Waals surface area contributed by atoms with Gasteiger partial charge in [0.2, 0.25) is 0 Å². The fourth-order valence-electron chi connectivity index (χ4n) is 2.73. The van der Waals surface area contributed by atoms with Crippen LogP contribution in [0.15, 0.2) is 47.8 Å². The molecule has 0 saturated heterocycles. The Morgan fingerprint density at radius 3 is 2.57 bits per heavy atom. The number of hydrogen-bond donors (Lipinski definition) is 3.